The molecule has 2 aliphatic heterocycles. The maximum absolute atomic E-state index is 13.2. The summed E-state index contributed by atoms with van der Waals surface area (Å²) in [6.07, 6.45) is 0.0323. The van der Waals surface area contributed by atoms with Gasteiger partial charge >= 0.3 is 5.97 Å². The van der Waals surface area contributed by atoms with E-state index in [1.54, 1.807) is 11.8 Å². The molecule has 3 aromatic rings. The van der Waals surface area contributed by atoms with E-state index < -0.39 is 23.7 Å². The van der Waals surface area contributed by atoms with Crippen molar-refractivity contribution < 1.29 is 23.9 Å². The molecule has 2 aliphatic rings. The monoisotopic (exact) mass is 604 g/mol. The molecular formula is C28H20Cl4N2O5. The van der Waals surface area contributed by atoms with E-state index in [0.717, 1.165) is 21.7 Å². The predicted octanol–water partition coefficient (Wildman–Crippen LogP) is 6.98. The van der Waals surface area contributed by atoms with Crippen molar-refractivity contribution in [2.75, 3.05) is 16.3 Å². The van der Waals surface area contributed by atoms with E-state index in [2.05, 4.69) is 0 Å². The lowest BCUT2D eigenvalue weighted by molar-refractivity contribution is -0.139. The summed E-state index contributed by atoms with van der Waals surface area (Å²) in [7, 11) is 0. The predicted molar refractivity (Wildman–Crippen MR) is 151 cm³/mol. The molecule has 0 bridgehead atoms. The normalized spacial score (nSPS) is 16.8. The van der Waals surface area contributed by atoms with Gasteiger partial charge in [-0.15, -0.1) is 0 Å². The zero-order valence-corrected chi connectivity index (χ0v) is 23.9. The molecule has 0 radical (unpaired) electrons. The molecular weight excluding hydrogens is 586 g/mol. The smallest absolute Gasteiger partial charge is 0.316 e. The van der Waals surface area contributed by atoms with E-state index in [0.29, 0.717) is 5.56 Å². The molecule has 1 fully saturated rings. The van der Waals surface area contributed by atoms with Crippen molar-refractivity contribution in [3.8, 4) is 5.75 Å². The Kier molecular flexibility index (Phi) is 7.14. The Morgan fingerprint density at radius 3 is 1.92 bits per heavy atom. The van der Waals surface area contributed by atoms with Gasteiger partial charge in [0.1, 0.15) is 5.75 Å². The average Bonchev–Trinajstić information content (AvgIpc) is 3.38. The van der Waals surface area contributed by atoms with Gasteiger partial charge in [-0.05, 0) is 67.8 Å². The molecule has 0 N–H and O–H groups in total. The van der Waals surface area contributed by atoms with E-state index in [4.69, 9.17) is 51.1 Å². The highest BCUT2D eigenvalue weighted by Crippen LogP contribution is 2.46. The molecule has 1 atom stereocenters. The van der Waals surface area contributed by atoms with Gasteiger partial charge in [-0.2, -0.15) is 0 Å². The van der Waals surface area contributed by atoms with Crippen LogP contribution >= 0.6 is 46.4 Å². The lowest BCUT2D eigenvalue weighted by Crippen LogP contribution is -2.30. The molecule has 3 amide bonds. The van der Waals surface area contributed by atoms with Crippen LogP contribution in [0.1, 0.15) is 43.8 Å². The Labute approximate surface area is 244 Å². The summed E-state index contributed by atoms with van der Waals surface area (Å²) in [6, 6.07) is 10.3. The van der Waals surface area contributed by atoms with Crippen LogP contribution in [-0.2, 0) is 9.59 Å². The maximum atomic E-state index is 13.2. The first-order chi connectivity index (χ1) is 18.4. The minimum Gasteiger partial charge on any atom is -0.426 e. The van der Waals surface area contributed by atoms with Crippen molar-refractivity contribution in [2.45, 2.75) is 27.2 Å². The minimum atomic E-state index is -0.704. The van der Waals surface area contributed by atoms with Crippen LogP contribution < -0.4 is 14.5 Å². The van der Waals surface area contributed by atoms with Crippen LogP contribution in [-0.4, -0.2) is 30.2 Å². The van der Waals surface area contributed by atoms with Crippen molar-refractivity contribution in [3.63, 3.8) is 0 Å². The zero-order valence-electron chi connectivity index (χ0n) is 20.9. The molecule has 7 nitrogen and oxygen atoms in total. The average molecular weight is 606 g/mol. The van der Waals surface area contributed by atoms with Gasteiger partial charge in [0.15, 0.2) is 0 Å². The number of benzene rings is 3. The molecule has 0 spiro atoms. The van der Waals surface area contributed by atoms with Gasteiger partial charge < -0.3 is 9.64 Å². The van der Waals surface area contributed by atoms with Crippen molar-refractivity contribution in [1.29, 1.82) is 0 Å². The van der Waals surface area contributed by atoms with Crippen LogP contribution in [0.2, 0.25) is 20.1 Å². The first-order valence-electron chi connectivity index (χ1n) is 11.8. The van der Waals surface area contributed by atoms with Gasteiger partial charge in [0.05, 0.1) is 42.8 Å². The molecule has 200 valence electrons. The minimum absolute atomic E-state index is 0.0323. The van der Waals surface area contributed by atoms with Gasteiger partial charge in [0.25, 0.3) is 11.8 Å². The highest BCUT2D eigenvalue weighted by Gasteiger charge is 2.43. The first-order valence-corrected chi connectivity index (χ1v) is 13.4. The molecule has 0 aliphatic carbocycles. The molecule has 2 heterocycles. The molecule has 5 rings (SSSR count). The van der Waals surface area contributed by atoms with E-state index in [-0.39, 0.29) is 61.5 Å². The van der Waals surface area contributed by atoms with E-state index in [9.17, 15) is 19.2 Å². The topological polar surface area (TPSA) is 84.0 Å². The number of esters is 1. The van der Waals surface area contributed by atoms with Gasteiger partial charge in [0.2, 0.25) is 5.91 Å². The third-order valence-corrected chi connectivity index (χ3v) is 8.51. The largest absolute Gasteiger partial charge is 0.426 e. The summed E-state index contributed by atoms with van der Waals surface area (Å²) >= 11 is 24.6. The standard InChI is InChI=1S/C28H20Cl4N2O5/c1-12-6-13(2)8-16(7-12)33-11-15(10-19(33)35)28(38)39-17-4-5-18(14(3)9-17)34-26(36)20-21(27(34)37)23(30)25(32)24(31)22(20)29/h4-9,15H,10-11H2,1-3H3/t15-/m0/s1. The SMILES string of the molecule is Cc1cc(C)cc(N2C[C@@H](C(=O)Oc3ccc(N4C(=O)c5c(Cl)c(Cl)c(Cl)c(Cl)c5C4=O)c(C)c3)CC2=O)c1. The summed E-state index contributed by atoms with van der Waals surface area (Å²) < 4.78 is 5.58. The highest BCUT2D eigenvalue weighted by atomic mass is 35.5. The van der Waals surface area contributed by atoms with Crippen LogP contribution in [0.25, 0.3) is 0 Å². The second-order valence-electron chi connectivity index (χ2n) is 9.57. The Bertz CT molecular complexity index is 1550. The summed E-state index contributed by atoms with van der Waals surface area (Å²) in [4.78, 5) is 54.5. The number of halogens is 4. The van der Waals surface area contributed by atoms with Gasteiger partial charge in [0, 0.05) is 18.7 Å². The number of fused-ring (bicyclic) bond motifs is 1. The Morgan fingerprint density at radius 2 is 1.38 bits per heavy atom. The summed E-state index contributed by atoms with van der Waals surface area (Å²) in [5, 5.41) is -0.562. The molecule has 0 saturated carbocycles. The van der Waals surface area contributed by atoms with Crippen molar-refractivity contribution in [3.05, 3.63) is 84.3 Å². The Hall–Kier alpha value is -3.10. The summed E-state index contributed by atoms with van der Waals surface area (Å²) in [5.41, 5.74) is 3.25. The molecule has 1 saturated heterocycles. The van der Waals surface area contributed by atoms with Crippen LogP contribution in [0.5, 0.6) is 5.75 Å². The van der Waals surface area contributed by atoms with Crippen LogP contribution in [0.3, 0.4) is 0 Å². The van der Waals surface area contributed by atoms with Crippen molar-refractivity contribution in [2.24, 2.45) is 5.92 Å². The number of carbonyl (C=O) groups excluding carboxylic acids is 4. The molecule has 3 aromatic carbocycles. The molecule has 0 aromatic heterocycles. The zero-order chi connectivity index (χ0) is 28.3. The first kappa shape index (κ1) is 27.5. The number of imide groups is 1. The third-order valence-electron chi connectivity index (χ3n) is 6.71. The van der Waals surface area contributed by atoms with Gasteiger partial charge in [-0.3, -0.25) is 19.2 Å². The molecule has 11 heteroatoms. The highest BCUT2D eigenvalue weighted by molar-refractivity contribution is 6.56. The van der Waals surface area contributed by atoms with Crippen LogP contribution in [0, 0.1) is 26.7 Å². The lowest BCUT2D eigenvalue weighted by Gasteiger charge is -2.19. The number of rotatable bonds is 4. The Balaban J connectivity index is 1.35. The number of anilines is 2. The number of nitrogens with zero attached hydrogens (tertiary/aromatic N) is 2. The number of carbonyl (C=O) groups is 4. The number of amides is 3. The number of aryl methyl sites for hydroxylation is 3. The number of hydrogen-bond donors (Lipinski definition) is 0. The lowest BCUT2D eigenvalue weighted by atomic mass is 10.1. The third kappa shape index (κ3) is 4.67. The van der Waals surface area contributed by atoms with Crippen molar-refractivity contribution >= 4 is 81.5 Å². The van der Waals surface area contributed by atoms with Crippen molar-refractivity contribution in [1.82, 2.24) is 0 Å². The van der Waals surface area contributed by atoms with Crippen LogP contribution in [0.15, 0.2) is 36.4 Å². The summed E-state index contributed by atoms with van der Waals surface area (Å²) in [5.74, 6) is -2.55. The van der Waals surface area contributed by atoms with E-state index in [1.165, 1.54) is 18.2 Å². The van der Waals surface area contributed by atoms with Gasteiger partial charge in [-0.1, -0.05) is 52.5 Å². The molecule has 39 heavy (non-hydrogen) atoms. The fraction of sp³-hybridized carbons (Fsp3) is 0.214. The fourth-order valence-corrected chi connectivity index (χ4v) is 5.95. The fourth-order valence-electron chi connectivity index (χ4n) is 4.93. The van der Waals surface area contributed by atoms with Gasteiger partial charge in [-0.25, -0.2) is 4.90 Å². The Morgan fingerprint density at radius 1 is 0.821 bits per heavy atom. The number of hydrogen-bond acceptors (Lipinski definition) is 5. The van der Waals surface area contributed by atoms with E-state index in [1.807, 2.05) is 32.0 Å². The second-order valence-corrected chi connectivity index (χ2v) is 11.1. The molecule has 0 unspecified atom stereocenters. The quantitative estimate of drug-likeness (QED) is 0.105. The summed E-state index contributed by atoms with van der Waals surface area (Å²) in [6.45, 7) is 5.76. The van der Waals surface area contributed by atoms with E-state index >= 15 is 0 Å². The maximum Gasteiger partial charge on any atom is 0.316 e. The van der Waals surface area contributed by atoms with Crippen LogP contribution in [0.4, 0.5) is 11.4 Å². The number of ether oxygens (including phenoxy) is 1. The second kappa shape index (κ2) is 10.1.